The van der Waals surface area contributed by atoms with Crippen molar-refractivity contribution in [1.82, 2.24) is 10.6 Å². The SMILES string of the molecule is NCC1(NC(=O)NC23CC4CC(CC(C4)C2)C3)CCCC1. The summed E-state index contributed by atoms with van der Waals surface area (Å²) in [5, 5.41) is 6.65. The van der Waals surface area contributed by atoms with E-state index in [4.69, 9.17) is 5.73 Å². The number of hydrogen-bond acceptors (Lipinski definition) is 2. The standard InChI is InChI=1S/C17H29N3O/c18-11-16(3-1-2-4-16)19-15(21)20-17-8-12-5-13(9-17)7-14(6-12)10-17/h12-14H,1-11,18H2,(H2,19,20,21). The maximum atomic E-state index is 12.6. The highest BCUT2D eigenvalue weighted by molar-refractivity contribution is 5.76. The Bertz CT molecular complexity index is 392. The molecule has 5 rings (SSSR count). The number of hydrogen-bond donors (Lipinski definition) is 3. The molecule has 118 valence electrons. The van der Waals surface area contributed by atoms with Crippen LogP contribution in [0.3, 0.4) is 0 Å². The Hall–Kier alpha value is -0.770. The van der Waals surface area contributed by atoms with Gasteiger partial charge >= 0.3 is 6.03 Å². The summed E-state index contributed by atoms with van der Waals surface area (Å²) >= 11 is 0. The number of amides is 2. The molecular weight excluding hydrogens is 262 g/mol. The zero-order valence-corrected chi connectivity index (χ0v) is 13.0. The molecule has 0 unspecified atom stereocenters. The van der Waals surface area contributed by atoms with E-state index in [1.54, 1.807) is 0 Å². The van der Waals surface area contributed by atoms with Crippen molar-refractivity contribution in [2.75, 3.05) is 6.54 Å². The van der Waals surface area contributed by atoms with E-state index in [0.29, 0.717) is 6.54 Å². The predicted octanol–water partition coefficient (Wildman–Crippen LogP) is 2.53. The van der Waals surface area contributed by atoms with Crippen LogP contribution >= 0.6 is 0 Å². The van der Waals surface area contributed by atoms with Crippen molar-refractivity contribution >= 4 is 6.03 Å². The Morgan fingerprint density at radius 3 is 1.95 bits per heavy atom. The van der Waals surface area contributed by atoms with E-state index < -0.39 is 0 Å². The van der Waals surface area contributed by atoms with E-state index in [0.717, 1.165) is 30.6 Å². The summed E-state index contributed by atoms with van der Waals surface area (Å²) in [5.41, 5.74) is 5.91. The van der Waals surface area contributed by atoms with Gasteiger partial charge in [-0.2, -0.15) is 0 Å². The molecule has 5 saturated carbocycles. The van der Waals surface area contributed by atoms with Crippen molar-refractivity contribution in [3.63, 3.8) is 0 Å². The topological polar surface area (TPSA) is 67.1 Å². The molecule has 4 N–H and O–H groups in total. The van der Waals surface area contributed by atoms with Gasteiger partial charge < -0.3 is 16.4 Å². The van der Waals surface area contributed by atoms with Gasteiger partial charge in [0.2, 0.25) is 0 Å². The van der Waals surface area contributed by atoms with Gasteiger partial charge in [0.05, 0.1) is 5.54 Å². The first-order valence-electron chi connectivity index (χ1n) is 8.91. The summed E-state index contributed by atoms with van der Waals surface area (Å²) in [4.78, 5) is 12.6. The lowest BCUT2D eigenvalue weighted by Gasteiger charge is -2.57. The number of nitrogens with two attached hydrogens (primary N) is 1. The van der Waals surface area contributed by atoms with E-state index in [-0.39, 0.29) is 17.1 Å². The molecule has 2 amide bonds. The van der Waals surface area contributed by atoms with E-state index in [1.807, 2.05) is 0 Å². The second-order valence-corrected chi connectivity index (χ2v) is 8.47. The monoisotopic (exact) mass is 291 g/mol. The third-order valence-corrected chi connectivity index (χ3v) is 6.75. The fraction of sp³-hybridized carbons (Fsp3) is 0.941. The minimum absolute atomic E-state index is 0.0456. The molecular formula is C17H29N3O. The number of carbonyl (C=O) groups excluding carboxylic acids is 1. The van der Waals surface area contributed by atoms with Crippen molar-refractivity contribution in [3.8, 4) is 0 Å². The largest absolute Gasteiger partial charge is 0.333 e. The van der Waals surface area contributed by atoms with Crippen LogP contribution in [0.5, 0.6) is 0 Å². The van der Waals surface area contributed by atoms with Gasteiger partial charge in [-0.15, -0.1) is 0 Å². The zero-order chi connectivity index (χ0) is 14.5. The summed E-state index contributed by atoms with van der Waals surface area (Å²) in [7, 11) is 0. The lowest BCUT2D eigenvalue weighted by Crippen LogP contribution is -2.64. The lowest BCUT2D eigenvalue weighted by atomic mass is 9.53. The van der Waals surface area contributed by atoms with Crippen molar-refractivity contribution in [2.45, 2.75) is 75.3 Å². The van der Waals surface area contributed by atoms with Crippen LogP contribution in [0.2, 0.25) is 0 Å². The normalized spacial score (nSPS) is 43.0. The van der Waals surface area contributed by atoms with Gasteiger partial charge in [-0.3, -0.25) is 0 Å². The highest BCUT2D eigenvalue weighted by atomic mass is 16.2. The summed E-state index contributed by atoms with van der Waals surface area (Å²) in [6, 6.07) is 0.0456. The third-order valence-electron chi connectivity index (χ3n) is 6.75. The van der Waals surface area contributed by atoms with Gasteiger partial charge in [-0.1, -0.05) is 12.8 Å². The van der Waals surface area contributed by atoms with Gasteiger partial charge in [0, 0.05) is 12.1 Å². The Morgan fingerprint density at radius 2 is 1.48 bits per heavy atom. The molecule has 0 saturated heterocycles. The van der Waals surface area contributed by atoms with Crippen molar-refractivity contribution in [3.05, 3.63) is 0 Å². The van der Waals surface area contributed by atoms with Gasteiger partial charge in [-0.25, -0.2) is 4.79 Å². The van der Waals surface area contributed by atoms with Crippen LogP contribution in [-0.2, 0) is 0 Å². The highest BCUT2D eigenvalue weighted by Crippen LogP contribution is 2.55. The van der Waals surface area contributed by atoms with Crippen molar-refractivity contribution in [2.24, 2.45) is 23.5 Å². The van der Waals surface area contributed by atoms with Crippen LogP contribution in [0.15, 0.2) is 0 Å². The lowest BCUT2D eigenvalue weighted by molar-refractivity contribution is -0.0139. The summed E-state index contributed by atoms with van der Waals surface area (Å²) < 4.78 is 0. The molecule has 0 aromatic heterocycles. The first-order chi connectivity index (χ1) is 10.1. The van der Waals surface area contributed by atoms with Crippen LogP contribution < -0.4 is 16.4 Å². The maximum Gasteiger partial charge on any atom is 0.315 e. The van der Waals surface area contributed by atoms with Gasteiger partial charge in [-0.05, 0) is 69.1 Å². The smallest absolute Gasteiger partial charge is 0.315 e. The fourth-order valence-corrected chi connectivity index (χ4v) is 6.21. The summed E-state index contributed by atoms with van der Waals surface area (Å²) in [5.74, 6) is 2.60. The number of carbonyl (C=O) groups is 1. The first-order valence-corrected chi connectivity index (χ1v) is 8.91. The van der Waals surface area contributed by atoms with Gasteiger partial charge in [0.25, 0.3) is 0 Å². The van der Waals surface area contributed by atoms with Crippen LogP contribution in [0.4, 0.5) is 4.79 Å². The molecule has 4 nitrogen and oxygen atoms in total. The van der Waals surface area contributed by atoms with Crippen LogP contribution in [0.1, 0.15) is 64.2 Å². The minimum atomic E-state index is -0.133. The summed E-state index contributed by atoms with van der Waals surface area (Å²) in [6.07, 6.45) is 12.3. The van der Waals surface area contributed by atoms with Crippen LogP contribution in [-0.4, -0.2) is 23.7 Å². The molecule has 5 fully saturated rings. The number of rotatable bonds is 3. The fourth-order valence-electron chi connectivity index (χ4n) is 6.21. The molecule has 0 aliphatic heterocycles. The number of urea groups is 1. The molecule has 0 spiro atoms. The molecule has 0 atom stereocenters. The van der Waals surface area contributed by atoms with Crippen molar-refractivity contribution in [1.29, 1.82) is 0 Å². The average molecular weight is 291 g/mol. The second kappa shape index (κ2) is 4.87. The highest BCUT2D eigenvalue weighted by Gasteiger charge is 2.51. The molecule has 0 heterocycles. The molecule has 5 aliphatic carbocycles. The van der Waals surface area contributed by atoms with E-state index in [1.165, 1.54) is 51.4 Å². The first kappa shape index (κ1) is 13.9. The Labute approximate surface area is 127 Å². The zero-order valence-electron chi connectivity index (χ0n) is 13.0. The maximum absolute atomic E-state index is 12.6. The molecule has 0 aromatic carbocycles. The molecule has 0 aromatic rings. The Balaban J connectivity index is 1.42. The van der Waals surface area contributed by atoms with E-state index >= 15 is 0 Å². The van der Waals surface area contributed by atoms with E-state index in [9.17, 15) is 4.79 Å². The predicted molar refractivity (Wildman–Crippen MR) is 82.8 cm³/mol. The van der Waals surface area contributed by atoms with Crippen LogP contribution in [0, 0.1) is 17.8 Å². The Morgan fingerprint density at radius 1 is 0.952 bits per heavy atom. The third kappa shape index (κ3) is 2.45. The molecule has 4 heteroatoms. The minimum Gasteiger partial charge on any atom is -0.333 e. The summed E-state index contributed by atoms with van der Waals surface area (Å²) in [6.45, 7) is 0.571. The quantitative estimate of drug-likeness (QED) is 0.748. The van der Waals surface area contributed by atoms with Gasteiger partial charge in [0.15, 0.2) is 0 Å². The van der Waals surface area contributed by atoms with Crippen molar-refractivity contribution < 1.29 is 4.79 Å². The van der Waals surface area contributed by atoms with E-state index in [2.05, 4.69) is 10.6 Å². The second-order valence-electron chi connectivity index (χ2n) is 8.47. The average Bonchev–Trinajstić information content (AvgIpc) is 2.85. The molecule has 21 heavy (non-hydrogen) atoms. The van der Waals surface area contributed by atoms with Crippen LogP contribution in [0.25, 0.3) is 0 Å². The molecule has 5 aliphatic rings. The number of nitrogens with one attached hydrogen (secondary N) is 2. The molecule has 4 bridgehead atoms. The molecule has 0 radical (unpaired) electrons. The Kier molecular flexibility index (Phi) is 3.21. The van der Waals surface area contributed by atoms with Gasteiger partial charge in [0.1, 0.15) is 0 Å².